The molecule has 7 heteroatoms. The second kappa shape index (κ2) is 7.94. The molecule has 0 bridgehead atoms. The van der Waals surface area contributed by atoms with E-state index in [1.165, 1.54) is 18.5 Å². The lowest BCUT2D eigenvalue weighted by molar-refractivity contribution is 0.105. The van der Waals surface area contributed by atoms with Crippen molar-refractivity contribution in [2.75, 3.05) is 6.61 Å². The fraction of sp³-hybridized carbons (Fsp3) is 0.192. The Balaban J connectivity index is 1.54. The summed E-state index contributed by atoms with van der Waals surface area (Å²) in [6.07, 6.45) is 4.45. The first-order valence-electron chi connectivity index (χ1n) is 10.9. The molecule has 164 valence electrons. The standard InChI is InChI=1S/C26H21FN4O2/c1-16-22(11-12-32-16)31-14-21(24(30-31)18-7-9-19(27)10-8-18)25-20-13-23(17-5-3-2-4-6-17)33-26(20)29-15-28-25/h2-10,13-16,22H,11-12H2,1H3/t16-,22+/m1/s1. The van der Waals surface area contributed by atoms with Crippen molar-refractivity contribution in [3.8, 4) is 33.8 Å². The number of furan rings is 1. The van der Waals surface area contributed by atoms with Crippen LogP contribution in [0.15, 0.2) is 77.6 Å². The van der Waals surface area contributed by atoms with Crippen LogP contribution in [0.5, 0.6) is 0 Å². The highest BCUT2D eigenvalue weighted by molar-refractivity contribution is 5.95. The van der Waals surface area contributed by atoms with Crippen molar-refractivity contribution in [3.63, 3.8) is 0 Å². The van der Waals surface area contributed by atoms with Crippen LogP contribution in [0.2, 0.25) is 0 Å². The predicted molar refractivity (Wildman–Crippen MR) is 123 cm³/mol. The smallest absolute Gasteiger partial charge is 0.230 e. The van der Waals surface area contributed by atoms with Gasteiger partial charge in [0.05, 0.1) is 23.2 Å². The summed E-state index contributed by atoms with van der Waals surface area (Å²) in [7, 11) is 0. The zero-order valence-electron chi connectivity index (χ0n) is 18.0. The Labute approximate surface area is 189 Å². The van der Waals surface area contributed by atoms with Crippen molar-refractivity contribution < 1.29 is 13.5 Å². The summed E-state index contributed by atoms with van der Waals surface area (Å²) >= 11 is 0. The fourth-order valence-electron chi connectivity index (χ4n) is 4.44. The van der Waals surface area contributed by atoms with Crippen LogP contribution >= 0.6 is 0 Å². The monoisotopic (exact) mass is 440 g/mol. The molecule has 5 aromatic rings. The van der Waals surface area contributed by atoms with Gasteiger partial charge in [-0.05, 0) is 43.7 Å². The molecule has 6 rings (SSSR count). The van der Waals surface area contributed by atoms with E-state index < -0.39 is 0 Å². The number of fused-ring (bicyclic) bond motifs is 1. The number of rotatable bonds is 4. The van der Waals surface area contributed by atoms with Crippen LogP contribution in [-0.4, -0.2) is 32.5 Å². The topological polar surface area (TPSA) is 66.0 Å². The van der Waals surface area contributed by atoms with E-state index in [0.717, 1.165) is 45.6 Å². The van der Waals surface area contributed by atoms with Crippen LogP contribution in [0, 0.1) is 5.82 Å². The highest BCUT2D eigenvalue weighted by Crippen LogP contribution is 2.38. The Bertz CT molecular complexity index is 1430. The minimum absolute atomic E-state index is 0.0582. The average Bonchev–Trinajstić information content (AvgIpc) is 3.57. The van der Waals surface area contributed by atoms with E-state index >= 15 is 0 Å². The summed E-state index contributed by atoms with van der Waals surface area (Å²) in [6, 6.07) is 18.4. The highest BCUT2D eigenvalue weighted by Gasteiger charge is 2.29. The summed E-state index contributed by atoms with van der Waals surface area (Å²) in [6.45, 7) is 2.76. The third kappa shape index (κ3) is 3.50. The van der Waals surface area contributed by atoms with E-state index in [2.05, 4.69) is 16.9 Å². The van der Waals surface area contributed by atoms with Crippen molar-refractivity contribution in [2.24, 2.45) is 0 Å². The highest BCUT2D eigenvalue weighted by atomic mass is 19.1. The zero-order chi connectivity index (χ0) is 22.4. The molecule has 33 heavy (non-hydrogen) atoms. The van der Waals surface area contributed by atoms with E-state index in [1.54, 1.807) is 12.1 Å². The van der Waals surface area contributed by atoms with Gasteiger partial charge in [0.15, 0.2) is 0 Å². The van der Waals surface area contributed by atoms with Gasteiger partial charge >= 0.3 is 0 Å². The van der Waals surface area contributed by atoms with Crippen molar-refractivity contribution in [1.82, 2.24) is 19.7 Å². The van der Waals surface area contributed by atoms with E-state index in [9.17, 15) is 4.39 Å². The minimum Gasteiger partial charge on any atom is -0.438 e. The number of benzene rings is 2. The van der Waals surface area contributed by atoms with Crippen molar-refractivity contribution in [3.05, 3.63) is 79.0 Å². The zero-order valence-corrected chi connectivity index (χ0v) is 18.0. The molecular weight excluding hydrogens is 419 g/mol. The maximum Gasteiger partial charge on any atom is 0.230 e. The van der Waals surface area contributed by atoms with E-state index in [0.29, 0.717) is 12.3 Å². The summed E-state index contributed by atoms with van der Waals surface area (Å²) in [5.41, 5.74) is 4.59. The normalized spacial score (nSPS) is 18.2. The molecule has 1 fully saturated rings. The molecule has 2 atom stereocenters. The number of hydrogen-bond acceptors (Lipinski definition) is 5. The van der Waals surface area contributed by atoms with Crippen molar-refractivity contribution in [2.45, 2.75) is 25.5 Å². The van der Waals surface area contributed by atoms with Gasteiger partial charge < -0.3 is 9.15 Å². The molecule has 3 aromatic heterocycles. The van der Waals surface area contributed by atoms with E-state index in [-0.39, 0.29) is 18.0 Å². The number of nitrogens with zero attached hydrogens (tertiary/aromatic N) is 4. The lowest BCUT2D eigenvalue weighted by Gasteiger charge is -2.14. The Hall–Kier alpha value is -3.84. The Morgan fingerprint density at radius 3 is 2.55 bits per heavy atom. The van der Waals surface area contributed by atoms with Gasteiger partial charge in [0.25, 0.3) is 0 Å². The molecule has 0 saturated carbocycles. The molecule has 4 heterocycles. The van der Waals surface area contributed by atoms with Crippen LogP contribution in [0.1, 0.15) is 19.4 Å². The molecule has 1 aliphatic rings. The first-order chi connectivity index (χ1) is 16.2. The molecule has 0 radical (unpaired) electrons. The molecule has 2 aromatic carbocycles. The van der Waals surface area contributed by atoms with Gasteiger partial charge in [0.1, 0.15) is 23.6 Å². The first-order valence-corrected chi connectivity index (χ1v) is 10.9. The van der Waals surface area contributed by atoms with Gasteiger partial charge in [-0.1, -0.05) is 30.3 Å². The van der Waals surface area contributed by atoms with E-state index in [1.807, 2.05) is 47.3 Å². The number of ether oxygens (including phenoxy) is 1. The second-order valence-corrected chi connectivity index (χ2v) is 8.23. The third-order valence-electron chi connectivity index (χ3n) is 6.17. The Morgan fingerprint density at radius 2 is 1.79 bits per heavy atom. The summed E-state index contributed by atoms with van der Waals surface area (Å²) in [5.74, 6) is 0.435. The van der Waals surface area contributed by atoms with Crippen molar-refractivity contribution >= 4 is 11.1 Å². The Kier molecular flexibility index (Phi) is 4.77. The SMILES string of the molecule is C[C@H]1OCC[C@@H]1n1cc(-c2ncnc3oc(-c4ccccc4)cc23)c(-c2ccc(F)cc2)n1. The van der Waals surface area contributed by atoms with Crippen LogP contribution in [0.3, 0.4) is 0 Å². The van der Waals surface area contributed by atoms with Gasteiger partial charge in [-0.3, -0.25) is 4.68 Å². The molecule has 0 amide bonds. The molecule has 0 unspecified atom stereocenters. The molecule has 0 spiro atoms. The van der Waals surface area contributed by atoms with Crippen LogP contribution in [-0.2, 0) is 4.74 Å². The average molecular weight is 440 g/mol. The van der Waals surface area contributed by atoms with Crippen LogP contribution in [0.4, 0.5) is 4.39 Å². The van der Waals surface area contributed by atoms with Gasteiger partial charge in [-0.25, -0.2) is 14.4 Å². The molecule has 1 saturated heterocycles. The summed E-state index contributed by atoms with van der Waals surface area (Å²) in [5, 5.41) is 5.71. The molecule has 0 N–H and O–H groups in total. The predicted octanol–water partition coefficient (Wildman–Crippen LogP) is 5.91. The summed E-state index contributed by atoms with van der Waals surface area (Å²) < 4.78 is 27.4. The lowest BCUT2D eigenvalue weighted by Crippen LogP contribution is -2.17. The number of halogens is 1. The van der Waals surface area contributed by atoms with E-state index in [4.69, 9.17) is 14.3 Å². The fourth-order valence-corrected chi connectivity index (χ4v) is 4.44. The second-order valence-electron chi connectivity index (χ2n) is 8.23. The Morgan fingerprint density at radius 1 is 0.970 bits per heavy atom. The molecule has 0 aliphatic carbocycles. The van der Waals surface area contributed by atoms with Gasteiger partial charge in [-0.2, -0.15) is 5.10 Å². The molecular formula is C26H21FN4O2. The molecule has 6 nitrogen and oxygen atoms in total. The van der Waals surface area contributed by atoms with Crippen LogP contribution < -0.4 is 0 Å². The van der Waals surface area contributed by atoms with Gasteiger partial charge in [-0.15, -0.1) is 0 Å². The van der Waals surface area contributed by atoms with Crippen molar-refractivity contribution in [1.29, 1.82) is 0 Å². The van der Waals surface area contributed by atoms with Crippen LogP contribution in [0.25, 0.3) is 44.9 Å². The quantitative estimate of drug-likeness (QED) is 0.348. The maximum atomic E-state index is 13.6. The third-order valence-corrected chi connectivity index (χ3v) is 6.17. The van der Waals surface area contributed by atoms with Gasteiger partial charge in [0, 0.05) is 29.5 Å². The van der Waals surface area contributed by atoms with Gasteiger partial charge in [0.2, 0.25) is 5.71 Å². The largest absolute Gasteiger partial charge is 0.438 e. The summed E-state index contributed by atoms with van der Waals surface area (Å²) in [4.78, 5) is 8.97. The number of hydrogen-bond donors (Lipinski definition) is 0. The maximum absolute atomic E-state index is 13.6. The molecule has 1 aliphatic heterocycles. The number of aromatic nitrogens is 4. The minimum atomic E-state index is -0.288. The first kappa shape index (κ1) is 19.8. The lowest BCUT2D eigenvalue weighted by atomic mass is 10.0.